The lowest BCUT2D eigenvalue weighted by atomic mass is 10.2. The number of amidine groups is 1. The maximum Gasteiger partial charge on any atom is 0.133 e. The fourth-order valence-electron chi connectivity index (χ4n) is 0.820. The van der Waals surface area contributed by atoms with Crippen LogP contribution in [0.25, 0.3) is 0 Å². The molecule has 0 atom stereocenters. The van der Waals surface area contributed by atoms with E-state index in [0.717, 1.165) is 18.0 Å². The number of rotatable bonds is 2. The number of nitrogens with zero attached hydrogens (tertiary/aromatic N) is 3. The molecule has 1 aliphatic heterocycles. The molecule has 1 aliphatic rings. The van der Waals surface area contributed by atoms with Crippen LogP contribution in [0.2, 0.25) is 0 Å². The van der Waals surface area contributed by atoms with Gasteiger partial charge in [-0.2, -0.15) is 4.99 Å². The lowest BCUT2D eigenvalue weighted by Gasteiger charge is -2.02. The zero-order chi connectivity index (χ0) is 8.97. The average Bonchev–Trinajstić information content (AvgIpc) is 2.28. The first-order valence-electron chi connectivity index (χ1n) is 4.16. The monoisotopic (exact) mass is 163 g/mol. The van der Waals surface area contributed by atoms with Crippen LogP contribution in [0.1, 0.15) is 27.2 Å². The molecular weight excluding hydrogens is 150 g/mol. The van der Waals surface area contributed by atoms with Crippen molar-refractivity contribution in [2.75, 3.05) is 0 Å². The van der Waals surface area contributed by atoms with Crippen molar-refractivity contribution in [3.63, 3.8) is 0 Å². The predicted octanol–water partition coefficient (Wildman–Crippen LogP) is 2.05. The summed E-state index contributed by atoms with van der Waals surface area (Å²) in [4.78, 5) is 12.3. The Morgan fingerprint density at radius 3 is 2.83 bits per heavy atom. The molecular formula is C9H13N3. The van der Waals surface area contributed by atoms with Gasteiger partial charge in [-0.1, -0.05) is 20.8 Å². The first kappa shape index (κ1) is 8.88. The molecule has 1 rings (SSSR count). The van der Waals surface area contributed by atoms with E-state index in [1.54, 1.807) is 0 Å². The Morgan fingerprint density at radius 1 is 1.50 bits per heavy atom. The Bertz CT molecular complexity index is 278. The molecule has 0 saturated heterocycles. The summed E-state index contributed by atoms with van der Waals surface area (Å²) >= 11 is 0. The van der Waals surface area contributed by atoms with Crippen LogP contribution in [0.15, 0.2) is 20.7 Å². The Morgan fingerprint density at radius 2 is 2.25 bits per heavy atom. The van der Waals surface area contributed by atoms with E-state index in [2.05, 4.69) is 34.7 Å². The predicted molar refractivity (Wildman–Crippen MR) is 52.0 cm³/mol. The van der Waals surface area contributed by atoms with Crippen molar-refractivity contribution in [3.05, 3.63) is 5.70 Å². The molecule has 0 unspecified atom stereocenters. The Balaban J connectivity index is 2.93. The van der Waals surface area contributed by atoms with Gasteiger partial charge in [0.15, 0.2) is 0 Å². The Labute approximate surface area is 72.6 Å². The summed E-state index contributed by atoms with van der Waals surface area (Å²) in [7, 11) is 0. The minimum Gasteiger partial charge on any atom is -0.228 e. The molecule has 0 bridgehead atoms. The lowest BCUT2D eigenvalue weighted by Crippen LogP contribution is -2.04. The van der Waals surface area contributed by atoms with Crippen LogP contribution in [0.5, 0.6) is 0 Å². The van der Waals surface area contributed by atoms with Crippen LogP contribution >= 0.6 is 0 Å². The molecule has 0 radical (unpaired) electrons. The van der Waals surface area contributed by atoms with E-state index in [9.17, 15) is 0 Å². The van der Waals surface area contributed by atoms with E-state index >= 15 is 0 Å². The SMILES string of the molecule is CCC1=C=NC=NC(C(C)C)=N1. The van der Waals surface area contributed by atoms with Crippen molar-refractivity contribution in [1.82, 2.24) is 0 Å². The minimum atomic E-state index is 0.345. The number of hydrogen-bond donors (Lipinski definition) is 0. The van der Waals surface area contributed by atoms with E-state index in [1.807, 2.05) is 6.92 Å². The molecule has 0 aromatic rings. The fourth-order valence-corrected chi connectivity index (χ4v) is 0.820. The Hall–Kier alpha value is -1.21. The van der Waals surface area contributed by atoms with Crippen molar-refractivity contribution in [3.8, 4) is 0 Å². The standard InChI is InChI=1S/C9H13N3/c1-4-8-5-10-6-11-9(12-8)7(2)3/h6-7H,4H2,1-3H3. The summed E-state index contributed by atoms with van der Waals surface area (Å²) in [5.41, 5.74) is 0.871. The minimum absolute atomic E-state index is 0.345. The highest BCUT2D eigenvalue weighted by atomic mass is 15.0. The van der Waals surface area contributed by atoms with Gasteiger partial charge in [0.2, 0.25) is 0 Å². The zero-order valence-electron chi connectivity index (χ0n) is 7.70. The highest BCUT2D eigenvalue weighted by Gasteiger charge is 2.04. The van der Waals surface area contributed by atoms with E-state index in [4.69, 9.17) is 0 Å². The van der Waals surface area contributed by atoms with E-state index < -0.39 is 0 Å². The molecule has 0 aliphatic carbocycles. The van der Waals surface area contributed by atoms with Crippen LogP contribution < -0.4 is 0 Å². The second-order valence-electron chi connectivity index (χ2n) is 2.91. The summed E-state index contributed by atoms with van der Waals surface area (Å²) in [5.74, 6) is 4.00. The molecule has 12 heavy (non-hydrogen) atoms. The largest absolute Gasteiger partial charge is 0.228 e. The van der Waals surface area contributed by atoms with Crippen LogP contribution in [0.3, 0.4) is 0 Å². The van der Waals surface area contributed by atoms with Gasteiger partial charge < -0.3 is 0 Å². The van der Waals surface area contributed by atoms with Gasteiger partial charge in [-0.3, -0.25) is 0 Å². The highest BCUT2D eigenvalue weighted by molar-refractivity contribution is 5.94. The third kappa shape index (κ3) is 2.14. The van der Waals surface area contributed by atoms with Crippen molar-refractivity contribution in [2.45, 2.75) is 27.2 Å². The van der Waals surface area contributed by atoms with E-state index in [1.165, 1.54) is 6.34 Å². The molecule has 0 amide bonds. The second kappa shape index (κ2) is 3.98. The third-order valence-corrected chi connectivity index (χ3v) is 1.54. The topological polar surface area (TPSA) is 37.1 Å². The normalized spacial score (nSPS) is 16.0. The fraction of sp³-hybridized carbons (Fsp3) is 0.556. The summed E-state index contributed by atoms with van der Waals surface area (Å²) in [6.45, 7) is 6.16. The van der Waals surface area contributed by atoms with E-state index in [-0.39, 0.29) is 0 Å². The van der Waals surface area contributed by atoms with Gasteiger partial charge in [-0.05, 0) is 6.42 Å². The smallest absolute Gasteiger partial charge is 0.133 e. The van der Waals surface area contributed by atoms with Gasteiger partial charge in [-0.15, -0.1) is 0 Å². The summed E-state index contributed by atoms with van der Waals surface area (Å²) in [5, 5.41) is 0. The molecule has 0 saturated carbocycles. The first-order chi connectivity index (χ1) is 5.74. The van der Waals surface area contributed by atoms with Crippen LogP contribution in [-0.4, -0.2) is 18.0 Å². The van der Waals surface area contributed by atoms with Gasteiger partial charge in [0.25, 0.3) is 0 Å². The van der Waals surface area contributed by atoms with Crippen molar-refractivity contribution >= 4 is 18.0 Å². The van der Waals surface area contributed by atoms with Gasteiger partial charge in [0.05, 0.1) is 0 Å². The molecule has 0 aromatic carbocycles. The van der Waals surface area contributed by atoms with Gasteiger partial charge in [0.1, 0.15) is 17.9 Å². The van der Waals surface area contributed by atoms with Gasteiger partial charge in [-0.25, -0.2) is 9.98 Å². The summed E-state index contributed by atoms with van der Waals surface area (Å²) in [6, 6.07) is 0. The average molecular weight is 163 g/mol. The number of hydrogen-bond acceptors (Lipinski definition) is 3. The maximum atomic E-state index is 4.32. The van der Waals surface area contributed by atoms with Crippen LogP contribution in [-0.2, 0) is 0 Å². The van der Waals surface area contributed by atoms with E-state index in [0.29, 0.717) is 5.92 Å². The molecule has 3 heteroatoms. The summed E-state index contributed by atoms with van der Waals surface area (Å²) in [6.07, 6.45) is 2.35. The quantitative estimate of drug-likeness (QED) is 0.597. The third-order valence-electron chi connectivity index (χ3n) is 1.54. The lowest BCUT2D eigenvalue weighted by molar-refractivity contribution is 0.867. The van der Waals surface area contributed by atoms with Crippen molar-refractivity contribution in [2.24, 2.45) is 20.9 Å². The molecule has 64 valence electrons. The van der Waals surface area contributed by atoms with Crippen molar-refractivity contribution < 1.29 is 0 Å². The van der Waals surface area contributed by atoms with Crippen LogP contribution in [0, 0.1) is 5.92 Å². The zero-order valence-corrected chi connectivity index (χ0v) is 7.70. The van der Waals surface area contributed by atoms with Crippen molar-refractivity contribution in [1.29, 1.82) is 0 Å². The number of allylic oxidation sites excluding steroid dienone is 1. The molecule has 0 fully saturated rings. The first-order valence-corrected chi connectivity index (χ1v) is 4.16. The molecule has 0 spiro atoms. The molecule has 3 nitrogen and oxygen atoms in total. The van der Waals surface area contributed by atoms with Gasteiger partial charge in [0, 0.05) is 11.8 Å². The molecule has 1 heterocycles. The Kier molecular flexibility index (Phi) is 2.94. The highest BCUT2D eigenvalue weighted by Crippen LogP contribution is 2.06. The summed E-state index contributed by atoms with van der Waals surface area (Å²) < 4.78 is 0. The molecule has 0 N–H and O–H groups in total. The maximum absolute atomic E-state index is 4.32. The van der Waals surface area contributed by atoms with Crippen LogP contribution in [0.4, 0.5) is 0 Å². The number of aliphatic imine (C=N–C) groups is 3. The molecule has 0 aromatic heterocycles. The second-order valence-corrected chi connectivity index (χ2v) is 2.91. The van der Waals surface area contributed by atoms with Gasteiger partial charge >= 0.3 is 0 Å².